The number of methoxy groups -OCH3 is 1. The molecule has 1 atom stereocenters. The van der Waals surface area contributed by atoms with E-state index < -0.39 is 0 Å². The van der Waals surface area contributed by atoms with Crippen molar-refractivity contribution in [3.63, 3.8) is 0 Å². The molecule has 0 radical (unpaired) electrons. The molecule has 0 amide bonds. The summed E-state index contributed by atoms with van der Waals surface area (Å²) in [5, 5.41) is 6.51. The van der Waals surface area contributed by atoms with Crippen LogP contribution in [-0.4, -0.2) is 53.2 Å². The monoisotopic (exact) mass is 343 g/mol. The van der Waals surface area contributed by atoms with Crippen LogP contribution in [0, 0.1) is 6.92 Å². The third kappa shape index (κ3) is 4.33. The summed E-state index contributed by atoms with van der Waals surface area (Å²) in [7, 11) is 3.51. The Bertz CT molecular complexity index is 709. The maximum absolute atomic E-state index is 5.13. The Kier molecular flexibility index (Phi) is 5.60. The fraction of sp³-hybridized carbons (Fsp3) is 0.529. The lowest BCUT2D eigenvalue weighted by Crippen LogP contribution is -2.35. The van der Waals surface area contributed by atoms with Gasteiger partial charge < -0.3 is 20.3 Å². The number of nitrogens with one attached hydrogen (secondary N) is 2. The van der Waals surface area contributed by atoms with Gasteiger partial charge in [-0.2, -0.15) is 0 Å². The van der Waals surface area contributed by atoms with Crippen LogP contribution >= 0.6 is 0 Å². The molecule has 2 aromatic heterocycles. The predicted octanol–water partition coefficient (Wildman–Crippen LogP) is 1.84. The Morgan fingerprint density at radius 3 is 2.92 bits per heavy atom. The van der Waals surface area contributed by atoms with Crippen molar-refractivity contribution < 1.29 is 4.74 Å². The second-order valence-electron chi connectivity index (χ2n) is 6.13. The second-order valence-corrected chi connectivity index (χ2v) is 6.13. The first-order valence-corrected chi connectivity index (χ1v) is 8.53. The van der Waals surface area contributed by atoms with Gasteiger partial charge in [0.05, 0.1) is 0 Å². The summed E-state index contributed by atoms with van der Waals surface area (Å²) in [6.07, 6.45) is 3.89. The van der Waals surface area contributed by atoms with E-state index in [0.717, 1.165) is 49.1 Å². The summed E-state index contributed by atoms with van der Waals surface area (Å²) < 4.78 is 5.13. The Morgan fingerprint density at radius 2 is 2.12 bits per heavy atom. The number of rotatable bonds is 7. The highest BCUT2D eigenvalue weighted by molar-refractivity contribution is 5.50. The summed E-state index contributed by atoms with van der Waals surface area (Å²) >= 11 is 0. The minimum atomic E-state index is 0.376. The Balaban J connectivity index is 1.67. The van der Waals surface area contributed by atoms with Crippen molar-refractivity contribution in [2.75, 3.05) is 42.8 Å². The number of nitrogens with zero attached hydrogens (tertiary/aromatic N) is 5. The molecule has 2 N–H and O–H groups in total. The molecule has 0 bridgehead atoms. The van der Waals surface area contributed by atoms with Gasteiger partial charge >= 0.3 is 0 Å². The van der Waals surface area contributed by atoms with E-state index in [1.54, 1.807) is 13.4 Å². The van der Waals surface area contributed by atoms with Crippen molar-refractivity contribution in [1.82, 2.24) is 19.9 Å². The van der Waals surface area contributed by atoms with Crippen molar-refractivity contribution in [2.45, 2.75) is 32.4 Å². The lowest BCUT2D eigenvalue weighted by molar-refractivity contribution is 0.177. The second kappa shape index (κ2) is 8.06. The average Bonchev–Trinajstić information content (AvgIpc) is 3.08. The van der Waals surface area contributed by atoms with Crippen LogP contribution in [-0.2, 0) is 11.3 Å². The molecular formula is C17H25N7O. The van der Waals surface area contributed by atoms with Gasteiger partial charge in [0.15, 0.2) is 5.82 Å². The van der Waals surface area contributed by atoms with Gasteiger partial charge in [0.25, 0.3) is 0 Å². The molecule has 3 rings (SSSR count). The molecule has 8 nitrogen and oxygen atoms in total. The summed E-state index contributed by atoms with van der Waals surface area (Å²) in [6, 6.07) is 4.33. The SMILES string of the molecule is CNc1cc(N2CCCC2CNc2cc(C)nc(COC)n2)ncn1. The van der Waals surface area contributed by atoms with E-state index in [0.29, 0.717) is 18.5 Å². The first-order valence-electron chi connectivity index (χ1n) is 8.53. The molecule has 0 saturated carbocycles. The zero-order valence-electron chi connectivity index (χ0n) is 15.0. The highest BCUT2D eigenvalue weighted by Crippen LogP contribution is 2.25. The number of aromatic nitrogens is 4. The number of aryl methyl sites for hydroxylation is 1. The van der Waals surface area contributed by atoms with Gasteiger partial charge in [-0.25, -0.2) is 19.9 Å². The molecule has 25 heavy (non-hydrogen) atoms. The molecule has 1 saturated heterocycles. The maximum atomic E-state index is 5.13. The van der Waals surface area contributed by atoms with Crippen LogP contribution in [0.1, 0.15) is 24.4 Å². The molecule has 1 unspecified atom stereocenters. The van der Waals surface area contributed by atoms with Crippen molar-refractivity contribution in [1.29, 1.82) is 0 Å². The average molecular weight is 343 g/mol. The first kappa shape index (κ1) is 17.3. The fourth-order valence-corrected chi connectivity index (χ4v) is 3.13. The third-order valence-electron chi connectivity index (χ3n) is 4.27. The Hall–Kier alpha value is -2.48. The van der Waals surface area contributed by atoms with Crippen LogP contribution < -0.4 is 15.5 Å². The van der Waals surface area contributed by atoms with E-state index in [-0.39, 0.29) is 0 Å². The molecule has 0 aliphatic carbocycles. The summed E-state index contributed by atoms with van der Waals surface area (Å²) in [5.74, 6) is 3.33. The predicted molar refractivity (Wildman–Crippen MR) is 97.9 cm³/mol. The molecule has 3 heterocycles. The van der Waals surface area contributed by atoms with Crippen LogP contribution in [0.2, 0.25) is 0 Å². The molecule has 1 fully saturated rings. The summed E-state index contributed by atoms with van der Waals surface area (Å²) in [4.78, 5) is 19.8. The van der Waals surface area contributed by atoms with Crippen LogP contribution in [0.25, 0.3) is 0 Å². The van der Waals surface area contributed by atoms with Crippen LogP contribution in [0.4, 0.5) is 17.5 Å². The summed E-state index contributed by atoms with van der Waals surface area (Å²) in [6.45, 7) is 4.19. The van der Waals surface area contributed by atoms with Crippen LogP contribution in [0.3, 0.4) is 0 Å². The molecule has 8 heteroatoms. The van der Waals surface area contributed by atoms with Gasteiger partial charge in [0.2, 0.25) is 0 Å². The van der Waals surface area contributed by atoms with E-state index in [2.05, 4.69) is 35.5 Å². The molecule has 1 aliphatic rings. The highest BCUT2D eigenvalue weighted by atomic mass is 16.5. The van der Waals surface area contributed by atoms with Crippen LogP contribution in [0.5, 0.6) is 0 Å². The highest BCUT2D eigenvalue weighted by Gasteiger charge is 2.26. The molecule has 1 aliphatic heterocycles. The minimum Gasteiger partial charge on any atom is -0.377 e. The molecule has 2 aromatic rings. The normalized spacial score (nSPS) is 16.9. The molecule has 0 aromatic carbocycles. The molecule has 134 valence electrons. The van der Waals surface area contributed by atoms with E-state index in [4.69, 9.17) is 4.74 Å². The number of anilines is 3. The quantitative estimate of drug-likeness (QED) is 0.787. The van der Waals surface area contributed by atoms with E-state index in [9.17, 15) is 0 Å². The van der Waals surface area contributed by atoms with Gasteiger partial charge in [-0.3, -0.25) is 0 Å². The van der Waals surface area contributed by atoms with Gasteiger partial charge in [-0.15, -0.1) is 0 Å². The van der Waals surface area contributed by atoms with Crippen molar-refractivity contribution in [2.24, 2.45) is 0 Å². The fourth-order valence-electron chi connectivity index (χ4n) is 3.13. The summed E-state index contributed by atoms with van der Waals surface area (Å²) in [5.41, 5.74) is 0.933. The van der Waals surface area contributed by atoms with Crippen molar-refractivity contribution >= 4 is 17.5 Å². The third-order valence-corrected chi connectivity index (χ3v) is 4.27. The molecule has 0 spiro atoms. The van der Waals surface area contributed by atoms with Gasteiger partial charge in [0.1, 0.15) is 30.4 Å². The molecular weight excluding hydrogens is 318 g/mol. The lowest BCUT2D eigenvalue weighted by atomic mass is 10.2. The number of hydrogen-bond acceptors (Lipinski definition) is 8. The van der Waals surface area contributed by atoms with Gasteiger partial charge in [-0.1, -0.05) is 0 Å². The van der Waals surface area contributed by atoms with E-state index in [1.165, 1.54) is 0 Å². The topological polar surface area (TPSA) is 88.1 Å². The standard InChI is InChI=1S/C17H25N7O/c1-12-7-15(23-16(22-12)10-25-3)19-9-13-5-4-6-24(13)17-8-14(18-2)20-11-21-17/h7-8,11,13H,4-6,9-10H2,1-3H3,(H,18,20,21)(H,19,22,23). The van der Waals surface area contributed by atoms with E-state index in [1.807, 2.05) is 26.1 Å². The zero-order chi connectivity index (χ0) is 17.6. The van der Waals surface area contributed by atoms with E-state index >= 15 is 0 Å². The zero-order valence-corrected chi connectivity index (χ0v) is 15.0. The van der Waals surface area contributed by atoms with Crippen LogP contribution in [0.15, 0.2) is 18.5 Å². The number of hydrogen-bond donors (Lipinski definition) is 2. The maximum Gasteiger partial charge on any atom is 0.156 e. The first-order chi connectivity index (χ1) is 12.2. The van der Waals surface area contributed by atoms with Gasteiger partial charge in [-0.05, 0) is 19.8 Å². The van der Waals surface area contributed by atoms with Crippen molar-refractivity contribution in [3.8, 4) is 0 Å². The minimum absolute atomic E-state index is 0.376. The Morgan fingerprint density at radius 1 is 1.24 bits per heavy atom. The Labute approximate surface area is 148 Å². The lowest BCUT2D eigenvalue weighted by Gasteiger charge is -2.26. The van der Waals surface area contributed by atoms with Gasteiger partial charge in [0, 0.05) is 51.1 Å². The largest absolute Gasteiger partial charge is 0.377 e. The van der Waals surface area contributed by atoms with Crippen molar-refractivity contribution in [3.05, 3.63) is 30.0 Å². The smallest absolute Gasteiger partial charge is 0.156 e. The number of ether oxygens (including phenoxy) is 1.